The third-order valence-corrected chi connectivity index (χ3v) is 10.6. The molecule has 0 radical (unpaired) electrons. The SMILES string of the molecule is c1ccc(-n2c3ccccc3c3c(-c4cccc(-n5c6ccccc6c6ccccc65)c4)c4c5ccccc5n(-c5ccccc5)c4cc32)cc1. The number of rotatable bonds is 4. The van der Waals surface area contributed by atoms with E-state index in [-0.39, 0.29) is 0 Å². The first-order chi connectivity index (χ1) is 25.3. The molecule has 3 aromatic heterocycles. The van der Waals surface area contributed by atoms with Crippen molar-refractivity contribution in [1.29, 1.82) is 0 Å². The second-order valence-electron chi connectivity index (χ2n) is 13.3. The van der Waals surface area contributed by atoms with Gasteiger partial charge in [-0.2, -0.15) is 0 Å². The Labute approximate surface area is 294 Å². The summed E-state index contributed by atoms with van der Waals surface area (Å²) in [6, 6.07) is 68.4. The van der Waals surface area contributed by atoms with Crippen LogP contribution in [0.3, 0.4) is 0 Å². The maximum absolute atomic E-state index is 2.44. The van der Waals surface area contributed by atoms with Gasteiger partial charge in [-0.05, 0) is 72.3 Å². The van der Waals surface area contributed by atoms with Gasteiger partial charge in [0.2, 0.25) is 0 Å². The van der Waals surface area contributed by atoms with Crippen molar-refractivity contribution in [2.45, 2.75) is 0 Å². The van der Waals surface area contributed by atoms with Crippen LogP contribution in [0.5, 0.6) is 0 Å². The van der Waals surface area contributed by atoms with Gasteiger partial charge in [0.05, 0.1) is 33.1 Å². The molecule has 0 aliphatic rings. The van der Waals surface area contributed by atoms with Gasteiger partial charge in [0, 0.05) is 54.9 Å². The minimum absolute atomic E-state index is 1.15. The van der Waals surface area contributed by atoms with Crippen LogP contribution in [0.1, 0.15) is 0 Å². The number of aromatic nitrogens is 3. The molecule has 0 N–H and O–H groups in total. The van der Waals surface area contributed by atoms with E-state index in [9.17, 15) is 0 Å². The average Bonchev–Trinajstić information content (AvgIpc) is 3.83. The van der Waals surface area contributed by atoms with Gasteiger partial charge >= 0.3 is 0 Å². The topological polar surface area (TPSA) is 14.8 Å². The fourth-order valence-corrected chi connectivity index (χ4v) is 8.57. The van der Waals surface area contributed by atoms with Gasteiger partial charge in [-0.1, -0.05) is 121 Å². The largest absolute Gasteiger partial charge is 0.309 e. The van der Waals surface area contributed by atoms with E-state index in [0.29, 0.717) is 0 Å². The summed E-state index contributed by atoms with van der Waals surface area (Å²) >= 11 is 0. The summed E-state index contributed by atoms with van der Waals surface area (Å²) < 4.78 is 7.31. The van der Waals surface area contributed by atoms with E-state index in [2.05, 4.69) is 202 Å². The lowest BCUT2D eigenvalue weighted by molar-refractivity contribution is 1.16. The van der Waals surface area contributed by atoms with Crippen molar-refractivity contribution in [3.63, 3.8) is 0 Å². The Balaban J connectivity index is 1.34. The lowest BCUT2D eigenvalue weighted by Crippen LogP contribution is -1.97. The summed E-state index contributed by atoms with van der Waals surface area (Å²) in [5.74, 6) is 0. The Hall–Kier alpha value is -6.84. The second kappa shape index (κ2) is 10.8. The van der Waals surface area contributed by atoms with E-state index in [1.165, 1.54) is 76.5 Å². The summed E-state index contributed by atoms with van der Waals surface area (Å²) in [5, 5.41) is 7.54. The van der Waals surface area contributed by atoms with Crippen LogP contribution in [0, 0.1) is 0 Å². The van der Waals surface area contributed by atoms with Crippen molar-refractivity contribution >= 4 is 65.4 Å². The van der Waals surface area contributed by atoms with Gasteiger partial charge < -0.3 is 13.7 Å². The summed E-state index contributed by atoms with van der Waals surface area (Å²) in [6.07, 6.45) is 0. The highest BCUT2D eigenvalue weighted by Gasteiger charge is 2.24. The molecule has 0 fully saturated rings. The Morgan fingerprint density at radius 1 is 0.255 bits per heavy atom. The molecular formula is C48H31N3. The Kier molecular flexibility index (Phi) is 5.96. The van der Waals surface area contributed by atoms with Crippen LogP contribution in [0.15, 0.2) is 188 Å². The first-order valence-electron chi connectivity index (χ1n) is 17.5. The highest BCUT2D eigenvalue weighted by Crippen LogP contribution is 2.47. The van der Waals surface area contributed by atoms with Crippen molar-refractivity contribution in [2.24, 2.45) is 0 Å². The first kappa shape index (κ1) is 28.0. The quantitative estimate of drug-likeness (QED) is 0.180. The van der Waals surface area contributed by atoms with E-state index in [1.807, 2.05) is 0 Å². The van der Waals surface area contributed by atoms with Crippen molar-refractivity contribution in [3.8, 4) is 28.2 Å². The Morgan fingerprint density at radius 2 is 0.627 bits per heavy atom. The molecule has 0 bridgehead atoms. The zero-order valence-electron chi connectivity index (χ0n) is 27.7. The zero-order chi connectivity index (χ0) is 33.5. The van der Waals surface area contributed by atoms with Gasteiger partial charge in [-0.3, -0.25) is 0 Å². The third-order valence-electron chi connectivity index (χ3n) is 10.6. The molecule has 51 heavy (non-hydrogen) atoms. The molecule has 0 unspecified atom stereocenters. The molecule has 0 spiro atoms. The normalized spacial score (nSPS) is 11.9. The molecule has 0 amide bonds. The molecule has 8 aromatic carbocycles. The average molecular weight is 650 g/mol. The molecular weight excluding hydrogens is 619 g/mol. The van der Waals surface area contributed by atoms with Crippen LogP contribution in [0.25, 0.3) is 93.6 Å². The summed E-state index contributed by atoms with van der Waals surface area (Å²) in [7, 11) is 0. The molecule has 0 saturated heterocycles. The summed E-state index contributed by atoms with van der Waals surface area (Å²) in [4.78, 5) is 0. The molecule has 0 saturated carbocycles. The first-order valence-corrected chi connectivity index (χ1v) is 17.5. The highest BCUT2D eigenvalue weighted by molar-refractivity contribution is 6.28. The number of para-hydroxylation sites is 6. The fourth-order valence-electron chi connectivity index (χ4n) is 8.57. The van der Waals surface area contributed by atoms with E-state index in [1.54, 1.807) is 0 Å². The molecule has 11 rings (SSSR count). The molecule has 0 aliphatic heterocycles. The maximum Gasteiger partial charge on any atom is 0.0568 e. The molecule has 0 aliphatic carbocycles. The Morgan fingerprint density at radius 3 is 1.12 bits per heavy atom. The van der Waals surface area contributed by atoms with E-state index in [4.69, 9.17) is 0 Å². The minimum Gasteiger partial charge on any atom is -0.309 e. The van der Waals surface area contributed by atoms with E-state index >= 15 is 0 Å². The molecule has 238 valence electrons. The number of nitrogens with zero attached hydrogens (tertiary/aromatic N) is 3. The third kappa shape index (κ3) is 4.00. The zero-order valence-corrected chi connectivity index (χ0v) is 27.7. The molecule has 0 atom stereocenters. The van der Waals surface area contributed by atoms with E-state index in [0.717, 1.165) is 17.1 Å². The predicted octanol–water partition coefficient (Wildman–Crippen LogP) is 12.6. The lowest BCUT2D eigenvalue weighted by Gasteiger charge is -2.14. The van der Waals surface area contributed by atoms with Crippen molar-refractivity contribution in [3.05, 3.63) is 188 Å². The molecule has 3 heteroatoms. The predicted molar refractivity (Wildman–Crippen MR) is 215 cm³/mol. The maximum atomic E-state index is 2.44. The van der Waals surface area contributed by atoms with Crippen LogP contribution < -0.4 is 0 Å². The Bertz CT molecular complexity index is 2940. The van der Waals surface area contributed by atoms with Crippen LogP contribution in [0.2, 0.25) is 0 Å². The van der Waals surface area contributed by atoms with Gasteiger partial charge in [-0.25, -0.2) is 0 Å². The lowest BCUT2D eigenvalue weighted by atomic mass is 9.94. The number of hydrogen-bond acceptors (Lipinski definition) is 0. The van der Waals surface area contributed by atoms with Crippen molar-refractivity contribution < 1.29 is 0 Å². The van der Waals surface area contributed by atoms with Crippen LogP contribution in [0.4, 0.5) is 0 Å². The molecule has 11 aromatic rings. The van der Waals surface area contributed by atoms with Crippen LogP contribution in [-0.2, 0) is 0 Å². The second-order valence-corrected chi connectivity index (χ2v) is 13.3. The summed E-state index contributed by atoms with van der Waals surface area (Å²) in [5.41, 5.74) is 13.1. The monoisotopic (exact) mass is 649 g/mol. The van der Waals surface area contributed by atoms with Crippen molar-refractivity contribution in [2.75, 3.05) is 0 Å². The number of hydrogen-bond donors (Lipinski definition) is 0. The molecule has 3 nitrogen and oxygen atoms in total. The van der Waals surface area contributed by atoms with Gasteiger partial charge in [0.25, 0.3) is 0 Å². The van der Waals surface area contributed by atoms with Crippen LogP contribution in [-0.4, -0.2) is 13.7 Å². The molecule has 3 heterocycles. The minimum atomic E-state index is 1.15. The highest BCUT2D eigenvalue weighted by atomic mass is 15.0. The van der Waals surface area contributed by atoms with E-state index < -0.39 is 0 Å². The van der Waals surface area contributed by atoms with Crippen molar-refractivity contribution in [1.82, 2.24) is 13.7 Å². The van der Waals surface area contributed by atoms with Gasteiger partial charge in [0.15, 0.2) is 0 Å². The van der Waals surface area contributed by atoms with Gasteiger partial charge in [0.1, 0.15) is 0 Å². The smallest absolute Gasteiger partial charge is 0.0568 e. The number of fused-ring (bicyclic) bond motifs is 9. The van der Waals surface area contributed by atoms with Gasteiger partial charge in [-0.15, -0.1) is 0 Å². The summed E-state index contributed by atoms with van der Waals surface area (Å²) in [6.45, 7) is 0. The van der Waals surface area contributed by atoms with Crippen LogP contribution >= 0.6 is 0 Å². The fraction of sp³-hybridized carbons (Fsp3) is 0. The standard InChI is InChI=1S/C48H31N3/c1-3-17-33(18-4-1)49-42-28-13-9-24-38(42)47-44(49)31-45-48(39-25-10-14-29-43(39)50(45)34-19-5-2-6-20-34)46(47)32-16-15-21-35(30-32)51-40-26-11-7-22-36(40)37-23-8-12-27-41(37)51/h1-31H. The number of benzene rings is 8.